The predicted molar refractivity (Wildman–Crippen MR) is 57.8 cm³/mol. The fourth-order valence-corrected chi connectivity index (χ4v) is 2.12. The van der Waals surface area contributed by atoms with Crippen LogP contribution in [0.4, 0.5) is 0 Å². The number of aliphatic hydroxyl groups is 1. The van der Waals surface area contributed by atoms with E-state index in [2.05, 4.69) is 5.32 Å². The van der Waals surface area contributed by atoms with Gasteiger partial charge in [0.25, 0.3) is 0 Å². The summed E-state index contributed by atoms with van der Waals surface area (Å²) in [5.41, 5.74) is 0. The molecule has 1 unspecified atom stereocenters. The smallest absolute Gasteiger partial charge is 0.326 e. The standard InChI is InChI=1S/C11H19NO4/c13-6-5-9(11(15)16)12-10(14)7-8-3-1-2-4-8/h8-9,13H,1-7H2,(H,12,14)(H,15,16). The molecule has 1 fully saturated rings. The summed E-state index contributed by atoms with van der Waals surface area (Å²) in [6.45, 7) is -0.235. The number of aliphatic hydroxyl groups excluding tert-OH is 1. The molecule has 0 aromatic carbocycles. The van der Waals surface area contributed by atoms with Crippen LogP contribution in [0.2, 0.25) is 0 Å². The summed E-state index contributed by atoms with van der Waals surface area (Å²) in [5.74, 6) is -0.898. The Hall–Kier alpha value is -1.10. The molecule has 5 nitrogen and oxygen atoms in total. The number of carboxylic acid groups (broad SMARTS) is 1. The van der Waals surface area contributed by atoms with E-state index in [1.165, 1.54) is 0 Å². The molecule has 1 amide bonds. The van der Waals surface area contributed by atoms with Crippen LogP contribution in [0, 0.1) is 5.92 Å². The normalized spacial score (nSPS) is 18.3. The van der Waals surface area contributed by atoms with Crippen LogP contribution in [0.5, 0.6) is 0 Å². The fraction of sp³-hybridized carbons (Fsp3) is 0.818. The lowest BCUT2D eigenvalue weighted by Gasteiger charge is -2.15. The largest absolute Gasteiger partial charge is 0.480 e. The highest BCUT2D eigenvalue weighted by atomic mass is 16.4. The third-order valence-corrected chi connectivity index (χ3v) is 3.00. The first-order valence-corrected chi connectivity index (χ1v) is 5.76. The molecular formula is C11H19NO4. The molecule has 1 aliphatic rings. The molecule has 0 spiro atoms. The zero-order valence-electron chi connectivity index (χ0n) is 9.32. The van der Waals surface area contributed by atoms with Crippen LogP contribution in [0.25, 0.3) is 0 Å². The number of rotatable bonds is 6. The summed E-state index contributed by atoms with van der Waals surface area (Å²) >= 11 is 0. The Morgan fingerprint density at radius 3 is 2.44 bits per heavy atom. The molecule has 0 aromatic rings. The Morgan fingerprint density at radius 1 is 1.31 bits per heavy atom. The van der Waals surface area contributed by atoms with Gasteiger partial charge in [0.05, 0.1) is 0 Å². The summed E-state index contributed by atoms with van der Waals surface area (Å²) in [7, 11) is 0. The first kappa shape index (κ1) is 13.0. The molecule has 1 aliphatic carbocycles. The summed E-state index contributed by atoms with van der Waals surface area (Å²) in [6, 6.07) is -0.959. The maximum Gasteiger partial charge on any atom is 0.326 e. The van der Waals surface area contributed by atoms with Gasteiger partial charge in [-0.25, -0.2) is 4.79 Å². The number of hydrogen-bond donors (Lipinski definition) is 3. The minimum Gasteiger partial charge on any atom is -0.480 e. The van der Waals surface area contributed by atoms with Crippen molar-refractivity contribution in [2.24, 2.45) is 5.92 Å². The third kappa shape index (κ3) is 4.18. The minimum absolute atomic E-state index is 0.0613. The number of carbonyl (C=O) groups excluding carboxylic acids is 1. The maximum atomic E-state index is 11.5. The minimum atomic E-state index is -1.09. The van der Waals surface area contributed by atoms with Crippen LogP contribution < -0.4 is 5.32 Å². The van der Waals surface area contributed by atoms with Crippen LogP contribution in [0.15, 0.2) is 0 Å². The molecule has 5 heteroatoms. The number of amides is 1. The van der Waals surface area contributed by atoms with Crippen molar-refractivity contribution in [3.8, 4) is 0 Å². The van der Waals surface area contributed by atoms with Gasteiger partial charge < -0.3 is 15.5 Å². The van der Waals surface area contributed by atoms with Gasteiger partial charge in [-0.05, 0) is 18.8 Å². The second-order valence-electron chi connectivity index (χ2n) is 4.33. The van der Waals surface area contributed by atoms with Crippen molar-refractivity contribution in [1.29, 1.82) is 0 Å². The molecule has 1 saturated carbocycles. The first-order chi connectivity index (χ1) is 7.63. The SMILES string of the molecule is O=C(CC1CCCC1)NC(CCO)C(=O)O. The van der Waals surface area contributed by atoms with Crippen molar-refractivity contribution < 1.29 is 19.8 Å². The molecule has 0 aliphatic heterocycles. The molecule has 1 rings (SSSR count). The Balaban J connectivity index is 2.32. The van der Waals surface area contributed by atoms with Gasteiger partial charge in [0, 0.05) is 19.4 Å². The van der Waals surface area contributed by atoms with E-state index >= 15 is 0 Å². The summed E-state index contributed by atoms with van der Waals surface area (Å²) in [4.78, 5) is 22.3. The molecule has 0 aromatic heterocycles. The molecule has 16 heavy (non-hydrogen) atoms. The van der Waals surface area contributed by atoms with E-state index in [4.69, 9.17) is 10.2 Å². The Bertz CT molecular complexity index is 248. The van der Waals surface area contributed by atoms with E-state index in [-0.39, 0.29) is 18.9 Å². The molecular weight excluding hydrogens is 210 g/mol. The van der Waals surface area contributed by atoms with E-state index in [0.29, 0.717) is 12.3 Å². The van der Waals surface area contributed by atoms with E-state index < -0.39 is 12.0 Å². The van der Waals surface area contributed by atoms with E-state index in [9.17, 15) is 9.59 Å². The number of carbonyl (C=O) groups is 2. The van der Waals surface area contributed by atoms with Crippen molar-refractivity contribution in [1.82, 2.24) is 5.32 Å². The van der Waals surface area contributed by atoms with Gasteiger partial charge in [0.2, 0.25) is 5.91 Å². The summed E-state index contributed by atoms with van der Waals surface area (Å²) < 4.78 is 0. The zero-order chi connectivity index (χ0) is 12.0. The van der Waals surface area contributed by atoms with Crippen molar-refractivity contribution >= 4 is 11.9 Å². The molecule has 0 bridgehead atoms. The number of hydrogen-bond acceptors (Lipinski definition) is 3. The van der Waals surface area contributed by atoms with Gasteiger partial charge in [-0.3, -0.25) is 4.79 Å². The second kappa shape index (κ2) is 6.48. The van der Waals surface area contributed by atoms with Gasteiger partial charge in [0.1, 0.15) is 6.04 Å². The molecule has 0 radical (unpaired) electrons. The highest BCUT2D eigenvalue weighted by molar-refractivity contribution is 5.83. The maximum absolute atomic E-state index is 11.5. The topological polar surface area (TPSA) is 86.6 Å². The van der Waals surface area contributed by atoms with E-state index in [1.54, 1.807) is 0 Å². The number of carboxylic acids is 1. The molecule has 3 N–H and O–H groups in total. The van der Waals surface area contributed by atoms with Crippen molar-refractivity contribution in [3.63, 3.8) is 0 Å². The predicted octanol–water partition coefficient (Wildman–Crippen LogP) is 0.518. The quantitative estimate of drug-likeness (QED) is 0.619. The van der Waals surface area contributed by atoms with E-state index in [1.807, 2.05) is 0 Å². The van der Waals surface area contributed by atoms with Crippen LogP contribution >= 0.6 is 0 Å². The number of nitrogens with one attached hydrogen (secondary N) is 1. The first-order valence-electron chi connectivity index (χ1n) is 5.76. The molecule has 92 valence electrons. The molecule has 1 atom stereocenters. The lowest BCUT2D eigenvalue weighted by atomic mass is 10.0. The van der Waals surface area contributed by atoms with Gasteiger partial charge in [-0.2, -0.15) is 0 Å². The van der Waals surface area contributed by atoms with Gasteiger partial charge in [-0.1, -0.05) is 12.8 Å². The fourth-order valence-electron chi connectivity index (χ4n) is 2.12. The van der Waals surface area contributed by atoms with Gasteiger partial charge in [-0.15, -0.1) is 0 Å². The highest BCUT2D eigenvalue weighted by Gasteiger charge is 2.22. The van der Waals surface area contributed by atoms with Crippen LogP contribution in [-0.4, -0.2) is 34.7 Å². The highest BCUT2D eigenvalue weighted by Crippen LogP contribution is 2.27. The van der Waals surface area contributed by atoms with Crippen LogP contribution in [0.3, 0.4) is 0 Å². The van der Waals surface area contributed by atoms with Gasteiger partial charge >= 0.3 is 5.97 Å². The summed E-state index contributed by atoms with van der Waals surface area (Å²) in [6.07, 6.45) is 4.92. The molecule has 0 saturated heterocycles. The molecule has 0 heterocycles. The van der Waals surface area contributed by atoms with Crippen LogP contribution in [-0.2, 0) is 9.59 Å². The summed E-state index contributed by atoms with van der Waals surface area (Å²) in [5, 5.41) is 19.9. The Morgan fingerprint density at radius 2 is 1.94 bits per heavy atom. The monoisotopic (exact) mass is 229 g/mol. The Labute approximate surface area is 94.8 Å². The second-order valence-corrected chi connectivity index (χ2v) is 4.33. The zero-order valence-corrected chi connectivity index (χ0v) is 9.32. The van der Waals surface area contributed by atoms with Crippen molar-refractivity contribution in [3.05, 3.63) is 0 Å². The number of aliphatic carboxylic acids is 1. The van der Waals surface area contributed by atoms with Crippen molar-refractivity contribution in [2.45, 2.75) is 44.6 Å². The lowest BCUT2D eigenvalue weighted by Crippen LogP contribution is -2.41. The third-order valence-electron chi connectivity index (χ3n) is 3.00. The van der Waals surface area contributed by atoms with E-state index in [0.717, 1.165) is 25.7 Å². The van der Waals surface area contributed by atoms with Crippen molar-refractivity contribution in [2.75, 3.05) is 6.61 Å². The average molecular weight is 229 g/mol. The Kier molecular flexibility index (Phi) is 5.25. The van der Waals surface area contributed by atoms with Crippen LogP contribution in [0.1, 0.15) is 38.5 Å². The van der Waals surface area contributed by atoms with Gasteiger partial charge in [0.15, 0.2) is 0 Å². The lowest BCUT2D eigenvalue weighted by molar-refractivity contribution is -0.142. The average Bonchev–Trinajstić information content (AvgIpc) is 2.69.